The van der Waals surface area contributed by atoms with Crippen molar-refractivity contribution in [2.24, 2.45) is 0 Å². The minimum Gasteiger partial charge on any atom is -0.345 e. The number of nitrogens with zero attached hydrogens (tertiary/aromatic N) is 3. The maximum atomic E-state index is 12.9. The number of anilines is 1. The summed E-state index contributed by atoms with van der Waals surface area (Å²) in [4.78, 5) is 24.5. The first-order valence-electron chi connectivity index (χ1n) is 8.34. The first-order chi connectivity index (χ1) is 13.3. The number of carbonyl (C=O) groups excluding carboxylic acids is 1. The van der Waals surface area contributed by atoms with Crippen molar-refractivity contribution in [3.63, 3.8) is 0 Å². The van der Waals surface area contributed by atoms with Crippen LogP contribution in [0.3, 0.4) is 0 Å². The third-order valence-corrected chi connectivity index (χ3v) is 4.73. The lowest BCUT2D eigenvalue weighted by Crippen LogP contribution is -2.16. The van der Waals surface area contributed by atoms with Crippen LogP contribution in [0.25, 0.3) is 17.1 Å². The highest BCUT2D eigenvalue weighted by molar-refractivity contribution is 7.98. The molecule has 0 fully saturated rings. The number of H-pyrrole nitrogens is 1. The number of hydrogen-bond acceptors (Lipinski definition) is 4. The van der Waals surface area contributed by atoms with E-state index >= 15 is 0 Å². The maximum Gasteiger partial charge on any atom is 0.274 e. The second-order valence-electron chi connectivity index (χ2n) is 5.77. The van der Waals surface area contributed by atoms with Gasteiger partial charge < -0.3 is 10.3 Å². The van der Waals surface area contributed by atoms with Crippen LogP contribution in [-0.4, -0.2) is 31.7 Å². The van der Waals surface area contributed by atoms with Gasteiger partial charge in [-0.25, -0.2) is 9.97 Å². The fourth-order valence-corrected chi connectivity index (χ4v) is 3.34. The number of thioether (sulfide) groups is 1. The van der Waals surface area contributed by atoms with E-state index in [0.717, 1.165) is 22.2 Å². The van der Waals surface area contributed by atoms with E-state index in [9.17, 15) is 4.79 Å². The molecule has 4 aromatic rings. The summed E-state index contributed by atoms with van der Waals surface area (Å²) in [7, 11) is 0. The number of imidazole rings is 2. The Balaban J connectivity index is 1.60. The third kappa shape index (κ3) is 3.50. The lowest BCUT2D eigenvalue weighted by molar-refractivity contribution is 0.102. The average molecular weight is 375 g/mol. The number of nitrogens with one attached hydrogen (secondary N) is 2. The Bertz CT molecular complexity index is 1040. The zero-order chi connectivity index (χ0) is 18.6. The number of aromatic amines is 1. The summed E-state index contributed by atoms with van der Waals surface area (Å²) < 4.78 is 1.86. The molecule has 0 saturated heterocycles. The molecule has 2 aromatic carbocycles. The van der Waals surface area contributed by atoms with Crippen LogP contribution in [0, 0.1) is 0 Å². The van der Waals surface area contributed by atoms with Gasteiger partial charge in [0.2, 0.25) is 0 Å². The van der Waals surface area contributed by atoms with Crippen molar-refractivity contribution in [1.82, 2.24) is 19.5 Å². The van der Waals surface area contributed by atoms with Gasteiger partial charge in [-0.05, 0) is 42.7 Å². The quantitative estimate of drug-likeness (QED) is 0.512. The Morgan fingerprint density at radius 3 is 2.52 bits per heavy atom. The van der Waals surface area contributed by atoms with Crippen molar-refractivity contribution in [3.8, 4) is 17.1 Å². The second kappa shape index (κ2) is 7.51. The van der Waals surface area contributed by atoms with Gasteiger partial charge in [-0.15, -0.1) is 0 Å². The van der Waals surface area contributed by atoms with E-state index in [1.54, 1.807) is 18.6 Å². The van der Waals surface area contributed by atoms with Crippen LogP contribution in [0.4, 0.5) is 5.69 Å². The van der Waals surface area contributed by atoms with Crippen LogP contribution < -0.4 is 5.32 Å². The molecule has 0 saturated carbocycles. The van der Waals surface area contributed by atoms with Gasteiger partial charge in [0.25, 0.3) is 5.91 Å². The Hall–Kier alpha value is -3.32. The van der Waals surface area contributed by atoms with Crippen LogP contribution in [0.15, 0.2) is 78.3 Å². The number of hydrogen-bond donors (Lipinski definition) is 2. The maximum absolute atomic E-state index is 12.9. The van der Waals surface area contributed by atoms with Gasteiger partial charge in [-0.3, -0.25) is 9.36 Å². The minimum atomic E-state index is -0.211. The number of amides is 1. The number of aromatic nitrogens is 4. The lowest BCUT2D eigenvalue weighted by atomic mass is 10.2. The third-order valence-electron chi connectivity index (χ3n) is 4.07. The van der Waals surface area contributed by atoms with Gasteiger partial charge in [0.05, 0.1) is 6.20 Å². The number of carbonyl (C=O) groups is 1. The minimum absolute atomic E-state index is 0.211. The molecular formula is C20H17N5OS. The molecule has 0 aliphatic carbocycles. The normalized spacial score (nSPS) is 10.7. The molecule has 134 valence electrons. The SMILES string of the molecule is CSc1ncc(C(=O)Nc2ccc(-c3ncc[nH]3)cc2)n1-c1ccccc1. The molecular weight excluding hydrogens is 358 g/mol. The van der Waals surface area contributed by atoms with Gasteiger partial charge in [0.15, 0.2) is 5.16 Å². The van der Waals surface area contributed by atoms with Crippen LogP contribution in [0.1, 0.15) is 10.5 Å². The molecule has 0 bridgehead atoms. The van der Waals surface area contributed by atoms with Crippen molar-refractivity contribution in [2.75, 3.05) is 11.6 Å². The highest BCUT2D eigenvalue weighted by atomic mass is 32.2. The molecule has 27 heavy (non-hydrogen) atoms. The highest BCUT2D eigenvalue weighted by Gasteiger charge is 2.17. The van der Waals surface area contributed by atoms with Gasteiger partial charge in [0, 0.05) is 29.3 Å². The molecule has 6 nitrogen and oxygen atoms in total. The Morgan fingerprint density at radius 1 is 1.07 bits per heavy atom. The van der Waals surface area contributed by atoms with Gasteiger partial charge in [-0.2, -0.15) is 0 Å². The number of rotatable bonds is 5. The van der Waals surface area contributed by atoms with Crippen LogP contribution >= 0.6 is 11.8 Å². The summed E-state index contributed by atoms with van der Waals surface area (Å²) in [5, 5.41) is 3.70. The number of benzene rings is 2. The molecule has 4 rings (SSSR count). The first kappa shape index (κ1) is 17.1. The zero-order valence-corrected chi connectivity index (χ0v) is 15.4. The zero-order valence-electron chi connectivity index (χ0n) is 14.6. The predicted molar refractivity (Wildman–Crippen MR) is 107 cm³/mol. The van der Waals surface area contributed by atoms with Crippen LogP contribution in [0.2, 0.25) is 0 Å². The summed E-state index contributed by atoms with van der Waals surface area (Å²) in [5.41, 5.74) is 3.05. The Morgan fingerprint density at radius 2 is 1.85 bits per heavy atom. The Labute approximate surface area is 160 Å². The summed E-state index contributed by atoms with van der Waals surface area (Å²) in [5.74, 6) is 0.581. The van der Waals surface area contributed by atoms with E-state index in [-0.39, 0.29) is 5.91 Å². The Kier molecular flexibility index (Phi) is 4.76. The fourth-order valence-electron chi connectivity index (χ4n) is 2.80. The molecule has 0 aliphatic heterocycles. The van der Waals surface area contributed by atoms with E-state index in [1.807, 2.05) is 65.4 Å². The number of para-hydroxylation sites is 1. The molecule has 1 amide bonds. The van der Waals surface area contributed by atoms with E-state index in [2.05, 4.69) is 20.3 Å². The van der Waals surface area contributed by atoms with Crippen molar-refractivity contribution in [1.29, 1.82) is 0 Å². The van der Waals surface area contributed by atoms with E-state index < -0.39 is 0 Å². The molecule has 0 atom stereocenters. The molecule has 0 spiro atoms. The highest BCUT2D eigenvalue weighted by Crippen LogP contribution is 2.23. The molecule has 0 radical (unpaired) electrons. The van der Waals surface area contributed by atoms with Crippen molar-refractivity contribution in [2.45, 2.75) is 5.16 Å². The van der Waals surface area contributed by atoms with E-state index in [1.165, 1.54) is 11.8 Å². The monoisotopic (exact) mass is 375 g/mol. The molecule has 7 heteroatoms. The fraction of sp³-hybridized carbons (Fsp3) is 0.0500. The van der Waals surface area contributed by atoms with Gasteiger partial charge in [-0.1, -0.05) is 30.0 Å². The van der Waals surface area contributed by atoms with Crippen molar-refractivity contribution in [3.05, 3.63) is 78.9 Å². The summed E-state index contributed by atoms with van der Waals surface area (Å²) in [6.07, 6.45) is 7.03. The van der Waals surface area contributed by atoms with Crippen LogP contribution in [-0.2, 0) is 0 Å². The largest absolute Gasteiger partial charge is 0.345 e. The molecule has 2 N–H and O–H groups in total. The molecule has 0 unspecified atom stereocenters. The molecule has 2 heterocycles. The first-order valence-corrected chi connectivity index (χ1v) is 9.57. The topological polar surface area (TPSA) is 75.6 Å². The lowest BCUT2D eigenvalue weighted by Gasteiger charge is -2.11. The predicted octanol–water partition coefficient (Wildman–Crippen LogP) is 4.24. The van der Waals surface area contributed by atoms with Crippen molar-refractivity contribution >= 4 is 23.4 Å². The summed E-state index contributed by atoms with van der Waals surface area (Å²) in [6.45, 7) is 0. The van der Waals surface area contributed by atoms with E-state index in [0.29, 0.717) is 11.4 Å². The van der Waals surface area contributed by atoms with Gasteiger partial charge in [0.1, 0.15) is 11.5 Å². The smallest absolute Gasteiger partial charge is 0.274 e. The average Bonchev–Trinajstić information content (AvgIpc) is 3.39. The summed E-state index contributed by atoms with van der Waals surface area (Å²) >= 11 is 1.50. The van der Waals surface area contributed by atoms with Gasteiger partial charge >= 0.3 is 0 Å². The van der Waals surface area contributed by atoms with Crippen molar-refractivity contribution < 1.29 is 4.79 Å². The van der Waals surface area contributed by atoms with E-state index in [4.69, 9.17) is 0 Å². The second-order valence-corrected chi connectivity index (χ2v) is 6.54. The molecule has 2 aromatic heterocycles. The standard InChI is InChI=1S/C20H17N5OS/c1-27-20-23-13-17(25(20)16-5-3-2-4-6-16)19(26)24-15-9-7-14(8-10-15)18-21-11-12-22-18/h2-13H,1H3,(H,21,22)(H,24,26). The molecule has 0 aliphatic rings. The van der Waals surface area contributed by atoms with Crippen LogP contribution in [0.5, 0.6) is 0 Å². The summed E-state index contributed by atoms with van der Waals surface area (Å²) in [6, 6.07) is 17.3.